The molecule has 0 aliphatic carbocycles. The first-order valence-corrected chi connectivity index (χ1v) is 19.8. The maximum absolute atomic E-state index is 6.47. The minimum atomic E-state index is 0.598. The second-order valence-corrected chi connectivity index (χ2v) is 15.5. The first kappa shape index (κ1) is 31.9. The molecule has 57 heavy (non-hydrogen) atoms. The summed E-state index contributed by atoms with van der Waals surface area (Å²) in [5.41, 5.74) is 11.6. The lowest BCUT2D eigenvalue weighted by molar-refractivity contribution is 0.669. The molecule has 5 nitrogen and oxygen atoms in total. The number of hydrogen-bond donors (Lipinski definition) is 0. The molecule has 0 saturated carbocycles. The van der Waals surface area contributed by atoms with E-state index in [9.17, 15) is 0 Å². The Morgan fingerprint density at radius 2 is 1.14 bits per heavy atom. The first-order chi connectivity index (χ1) is 28.2. The number of nitrogens with zero attached hydrogens (tertiary/aromatic N) is 4. The number of aromatic nitrogens is 4. The number of rotatable bonds is 5. The predicted molar refractivity (Wildman–Crippen MR) is 236 cm³/mol. The lowest BCUT2D eigenvalue weighted by Crippen LogP contribution is -1.98. The van der Waals surface area contributed by atoms with Crippen molar-refractivity contribution >= 4 is 75.3 Å². The summed E-state index contributed by atoms with van der Waals surface area (Å²) in [5.74, 6) is 1.21. The van der Waals surface area contributed by atoms with Crippen LogP contribution in [0.25, 0.3) is 115 Å². The summed E-state index contributed by atoms with van der Waals surface area (Å²) >= 11 is 1.84. The van der Waals surface area contributed by atoms with Crippen molar-refractivity contribution in [2.24, 2.45) is 0 Å². The molecule has 8 aromatic carbocycles. The van der Waals surface area contributed by atoms with E-state index in [0.29, 0.717) is 11.6 Å². The van der Waals surface area contributed by atoms with Crippen molar-refractivity contribution in [3.05, 3.63) is 182 Å². The maximum Gasteiger partial charge on any atom is 0.164 e. The molecule has 0 radical (unpaired) electrons. The average molecular weight is 747 g/mol. The van der Waals surface area contributed by atoms with E-state index in [0.717, 1.165) is 55.3 Å². The van der Waals surface area contributed by atoms with Crippen LogP contribution in [0.3, 0.4) is 0 Å². The minimum Gasteiger partial charge on any atom is -0.456 e. The number of furan rings is 1. The van der Waals surface area contributed by atoms with E-state index in [2.05, 4.69) is 173 Å². The topological polar surface area (TPSA) is 56.7 Å². The van der Waals surface area contributed by atoms with Crippen molar-refractivity contribution in [3.63, 3.8) is 0 Å². The number of para-hydroxylation sites is 2. The zero-order valence-corrected chi connectivity index (χ0v) is 31.2. The van der Waals surface area contributed by atoms with Crippen LogP contribution in [-0.2, 0) is 0 Å². The second kappa shape index (κ2) is 12.6. The van der Waals surface area contributed by atoms with Crippen LogP contribution in [0, 0.1) is 0 Å². The standard InChI is InChI=1S/C51H30N4OS/c1-2-11-31(12-3-1)32-23-25-39-47(29-32)57-46-22-10-17-36(49(39)46)33-24-26-44-41(28-33)48-40(18-9-21-45(48)56-44)51-53-30-52-50(54-51)34-13-8-14-35(27-34)55-42-19-6-4-15-37(42)38-16-5-7-20-43(38)55/h1-30H. The zero-order valence-electron chi connectivity index (χ0n) is 30.4. The van der Waals surface area contributed by atoms with E-state index in [1.165, 1.54) is 47.6 Å². The zero-order chi connectivity index (χ0) is 37.5. The fourth-order valence-electron chi connectivity index (χ4n) is 8.61. The highest BCUT2D eigenvalue weighted by atomic mass is 32.1. The number of thiophene rings is 1. The fraction of sp³-hybridized carbons (Fsp3) is 0. The summed E-state index contributed by atoms with van der Waals surface area (Å²) in [5, 5.41) is 7.00. The van der Waals surface area contributed by atoms with E-state index >= 15 is 0 Å². The Kier molecular flexibility index (Phi) is 7.03. The third kappa shape index (κ3) is 5.04. The molecule has 0 aliphatic heterocycles. The molecule has 12 aromatic rings. The third-order valence-corrected chi connectivity index (χ3v) is 12.3. The molecular weight excluding hydrogens is 717 g/mol. The summed E-state index contributed by atoms with van der Waals surface area (Å²) in [4.78, 5) is 14.5. The molecule has 0 fully saturated rings. The molecule has 0 amide bonds. The highest BCUT2D eigenvalue weighted by Gasteiger charge is 2.19. The molecule has 0 aliphatic rings. The summed E-state index contributed by atoms with van der Waals surface area (Å²) in [6, 6.07) is 62.2. The van der Waals surface area contributed by atoms with Crippen molar-refractivity contribution in [2.75, 3.05) is 0 Å². The molecule has 12 rings (SSSR count). The van der Waals surface area contributed by atoms with Gasteiger partial charge in [-0.3, -0.25) is 0 Å². The number of hydrogen-bond acceptors (Lipinski definition) is 5. The van der Waals surface area contributed by atoms with Crippen LogP contribution in [-0.4, -0.2) is 19.5 Å². The van der Waals surface area contributed by atoms with Crippen molar-refractivity contribution < 1.29 is 4.42 Å². The molecule has 4 aromatic heterocycles. The van der Waals surface area contributed by atoms with E-state index in [1.54, 1.807) is 6.33 Å². The van der Waals surface area contributed by atoms with Crippen molar-refractivity contribution in [2.45, 2.75) is 0 Å². The van der Waals surface area contributed by atoms with Crippen LogP contribution in [0.4, 0.5) is 0 Å². The molecule has 0 N–H and O–H groups in total. The second-order valence-electron chi connectivity index (χ2n) is 14.4. The average Bonchev–Trinajstić information content (AvgIpc) is 3.96. The summed E-state index contributed by atoms with van der Waals surface area (Å²) in [6.45, 7) is 0. The Morgan fingerprint density at radius 1 is 0.421 bits per heavy atom. The van der Waals surface area contributed by atoms with Crippen LogP contribution >= 0.6 is 11.3 Å². The Balaban J connectivity index is 0.972. The Hall–Kier alpha value is -7.41. The molecule has 0 spiro atoms. The quantitative estimate of drug-likeness (QED) is 0.176. The highest BCUT2D eigenvalue weighted by molar-refractivity contribution is 7.26. The van der Waals surface area contributed by atoms with E-state index < -0.39 is 0 Å². The van der Waals surface area contributed by atoms with Crippen LogP contribution in [0.2, 0.25) is 0 Å². The molecular formula is C51H30N4OS. The molecule has 6 heteroatoms. The van der Waals surface area contributed by atoms with Gasteiger partial charge in [0.2, 0.25) is 0 Å². The van der Waals surface area contributed by atoms with Crippen molar-refractivity contribution in [1.82, 2.24) is 19.5 Å². The van der Waals surface area contributed by atoms with Gasteiger partial charge in [0.1, 0.15) is 17.5 Å². The van der Waals surface area contributed by atoms with Crippen molar-refractivity contribution in [3.8, 4) is 50.7 Å². The number of fused-ring (bicyclic) bond motifs is 9. The molecule has 4 heterocycles. The molecule has 0 saturated heterocycles. The van der Waals surface area contributed by atoms with Gasteiger partial charge in [-0.1, -0.05) is 121 Å². The monoisotopic (exact) mass is 746 g/mol. The largest absolute Gasteiger partial charge is 0.456 e. The highest BCUT2D eigenvalue weighted by Crippen LogP contribution is 2.44. The van der Waals surface area contributed by atoms with Gasteiger partial charge in [-0.25, -0.2) is 15.0 Å². The van der Waals surface area contributed by atoms with Gasteiger partial charge in [0, 0.05) is 58.5 Å². The van der Waals surface area contributed by atoms with Gasteiger partial charge in [0.15, 0.2) is 11.6 Å². The summed E-state index contributed by atoms with van der Waals surface area (Å²) < 4.78 is 11.3. The molecule has 0 bridgehead atoms. The molecule has 0 unspecified atom stereocenters. The lowest BCUT2D eigenvalue weighted by Gasteiger charge is -2.10. The SMILES string of the molecule is c1ccc(-c2ccc3c(c2)sc2cccc(-c4ccc5oc6cccc(-c7ncnc(-c8cccc(-n9c%10ccccc%10c%10ccccc%109)c8)n7)c6c5c4)c23)cc1. The molecule has 266 valence electrons. The van der Waals surface area contributed by atoms with Crippen LogP contribution in [0.5, 0.6) is 0 Å². The lowest BCUT2D eigenvalue weighted by atomic mass is 9.96. The minimum absolute atomic E-state index is 0.598. The fourth-order valence-corrected chi connectivity index (χ4v) is 9.78. The first-order valence-electron chi connectivity index (χ1n) is 19.0. The molecule has 0 atom stereocenters. The number of benzene rings is 8. The normalized spacial score (nSPS) is 11.9. The van der Waals surface area contributed by atoms with Gasteiger partial charge in [-0.2, -0.15) is 0 Å². The summed E-state index contributed by atoms with van der Waals surface area (Å²) in [6.07, 6.45) is 1.61. The Labute approximate surface area is 330 Å². The maximum atomic E-state index is 6.47. The van der Waals surface area contributed by atoms with Crippen LogP contribution < -0.4 is 0 Å². The van der Waals surface area contributed by atoms with Gasteiger partial charge in [-0.15, -0.1) is 11.3 Å². The van der Waals surface area contributed by atoms with E-state index in [1.807, 2.05) is 23.5 Å². The van der Waals surface area contributed by atoms with Crippen LogP contribution in [0.1, 0.15) is 0 Å². The third-order valence-electron chi connectivity index (χ3n) is 11.2. The van der Waals surface area contributed by atoms with Gasteiger partial charge >= 0.3 is 0 Å². The van der Waals surface area contributed by atoms with Gasteiger partial charge < -0.3 is 8.98 Å². The van der Waals surface area contributed by atoms with Gasteiger partial charge in [0.25, 0.3) is 0 Å². The van der Waals surface area contributed by atoms with Gasteiger partial charge in [0.05, 0.1) is 11.0 Å². The summed E-state index contributed by atoms with van der Waals surface area (Å²) in [7, 11) is 0. The van der Waals surface area contributed by atoms with Crippen LogP contribution in [0.15, 0.2) is 187 Å². The van der Waals surface area contributed by atoms with Gasteiger partial charge in [-0.05, 0) is 76.9 Å². The Morgan fingerprint density at radius 3 is 2.00 bits per heavy atom. The predicted octanol–water partition coefficient (Wildman–Crippen LogP) is 13.9. The van der Waals surface area contributed by atoms with E-state index in [-0.39, 0.29) is 0 Å². The van der Waals surface area contributed by atoms with Crippen molar-refractivity contribution in [1.29, 1.82) is 0 Å². The Bertz CT molecular complexity index is 3490. The smallest absolute Gasteiger partial charge is 0.164 e. The van der Waals surface area contributed by atoms with E-state index in [4.69, 9.17) is 14.4 Å².